The van der Waals surface area contributed by atoms with Gasteiger partial charge in [-0.25, -0.2) is 4.98 Å². The van der Waals surface area contributed by atoms with E-state index in [9.17, 15) is 4.79 Å². The van der Waals surface area contributed by atoms with Gasteiger partial charge in [0.15, 0.2) is 0 Å². The highest BCUT2D eigenvalue weighted by Gasteiger charge is 2.08. The number of hydrogen-bond donors (Lipinski definition) is 2. The van der Waals surface area contributed by atoms with Gasteiger partial charge in [-0.05, 0) is 43.2 Å². The van der Waals surface area contributed by atoms with E-state index in [0.29, 0.717) is 12.8 Å². The van der Waals surface area contributed by atoms with Gasteiger partial charge in [0.1, 0.15) is 5.75 Å². The highest BCUT2D eigenvalue weighted by atomic mass is 16.5. The number of aromatic amines is 1. The maximum atomic E-state index is 12.2. The summed E-state index contributed by atoms with van der Waals surface area (Å²) in [6, 6.07) is 15.5. The second-order valence-corrected chi connectivity index (χ2v) is 5.86. The lowest BCUT2D eigenvalue weighted by Crippen LogP contribution is -2.12. The number of ether oxygens (including phenoxy) is 1. The lowest BCUT2D eigenvalue weighted by molar-refractivity contribution is -0.116. The molecule has 0 aliphatic heterocycles. The van der Waals surface area contributed by atoms with Crippen LogP contribution in [0.15, 0.2) is 54.9 Å². The van der Waals surface area contributed by atoms with E-state index in [1.165, 1.54) is 0 Å². The summed E-state index contributed by atoms with van der Waals surface area (Å²) in [5.74, 6) is 0.790. The van der Waals surface area contributed by atoms with Crippen molar-refractivity contribution in [3.63, 3.8) is 0 Å². The van der Waals surface area contributed by atoms with Gasteiger partial charge in [-0.2, -0.15) is 0 Å². The third-order valence-electron chi connectivity index (χ3n) is 4.02. The van der Waals surface area contributed by atoms with Gasteiger partial charge in [0.05, 0.1) is 19.1 Å². The number of aryl methyl sites for hydroxylation is 2. The van der Waals surface area contributed by atoms with Crippen molar-refractivity contribution in [1.82, 2.24) is 9.97 Å². The molecule has 5 heteroatoms. The number of rotatable bonds is 6. The summed E-state index contributed by atoms with van der Waals surface area (Å²) in [7, 11) is 1.64. The first-order valence-corrected chi connectivity index (χ1v) is 8.19. The normalized spacial score (nSPS) is 10.5. The maximum absolute atomic E-state index is 12.2. The van der Waals surface area contributed by atoms with Crippen molar-refractivity contribution < 1.29 is 9.53 Å². The molecule has 0 aliphatic carbocycles. The number of methoxy groups -OCH3 is 1. The summed E-state index contributed by atoms with van der Waals surface area (Å²) in [5.41, 5.74) is 4.73. The van der Waals surface area contributed by atoms with Crippen LogP contribution in [-0.4, -0.2) is 23.0 Å². The molecule has 1 amide bonds. The van der Waals surface area contributed by atoms with E-state index in [4.69, 9.17) is 4.74 Å². The van der Waals surface area contributed by atoms with Crippen molar-refractivity contribution in [3.8, 4) is 17.0 Å². The molecule has 2 aromatic carbocycles. The number of hydrogen-bond acceptors (Lipinski definition) is 3. The quantitative estimate of drug-likeness (QED) is 0.716. The number of nitrogens with zero attached hydrogens (tertiary/aromatic N) is 1. The number of benzene rings is 2. The first kappa shape index (κ1) is 16.8. The Balaban J connectivity index is 1.62. The van der Waals surface area contributed by atoms with Crippen LogP contribution in [0, 0.1) is 6.92 Å². The fourth-order valence-corrected chi connectivity index (χ4v) is 2.70. The van der Waals surface area contributed by atoms with Crippen LogP contribution in [-0.2, 0) is 11.2 Å². The minimum absolute atomic E-state index is 0.0151. The van der Waals surface area contributed by atoms with E-state index in [1.54, 1.807) is 13.4 Å². The van der Waals surface area contributed by atoms with E-state index in [0.717, 1.165) is 34.0 Å². The number of carbonyl (C=O) groups excluding carboxylic acids is 1. The molecule has 0 atom stereocenters. The van der Waals surface area contributed by atoms with E-state index in [2.05, 4.69) is 15.3 Å². The molecule has 0 spiro atoms. The van der Waals surface area contributed by atoms with E-state index in [-0.39, 0.29) is 5.91 Å². The molecule has 5 nitrogen and oxygen atoms in total. The molecule has 3 rings (SSSR count). The molecule has 0 saturated heterocycles. The Labute approximate surface area is 147 Å². The van der Waals surface area contributed by atoms with E-state index >= 15 is 0 Å². The Hall–Kier alpha value is -3.08. The monoisotopic (exact) mass is 335 g/mol. The lowest BCUT2D eigenvalue weighted by atomic mass is 10.1. The summed E-state index contributed by atoms with van der Waals surface area (Å²) in [4.78, 5) is 19.6. The van der Waals surface area contributed by atoms with Gasteiger partial charge in [0.25, 0.3) is 0 Å². The summed E-state index contributed by atoms with van der Waals surface area (Å²) < 4.78 is 5.21. The van der Waals surface area contributed by atoms with Gasteiger partial charge in [0, 0.05) is 23.4 Å². The van der Waals surface area contributed by atoms with Crippen LogP contribution in [0.3, 0.4) is 0 Å². The molecule has 1 heterocycles. The Morgan fingerprint density at radius 1 is 1.20 bits per heavy atom. The molecule has 0 unspecified atom stereocenters. The van der Waals surface area contributed by atoms with Crippen molar-refractivity contribution in [2.45, 2.75) is 19.8 Å². The summed E-state index contributed by atoms with van der Waals surface area (Å²) in [6.07, 6.45) is 2.75. The third-order valence-corrected chi connectivity index (χ3v) is 4.02. The van der Waals surface area contributed by atoms with Crippen molar-refractivity contribution in [3.05, 3.63) is 66.1 Å². The molecule has 2 N–H and O–H groups in total. The zero-order chi connectivity index (χ0) is 17.6. The number of aromatic nitrogens is 2. The van der Waals surface area contributed by atoms with Gasteiger partial charge < -0.3 is 15.0 Å². The summed E-state index contributed by atoms with van der Waals surface area (Å²) in [6.45, 7) is 1.97. The molecule has 1 aromatic heterocycles. The van der Waals surface area contributed by atoms with Gasteiger partial charge in [-0.1, -0.05) is 24.3 Å². The van der Waals surface area contributed by atoms with Gasteiger partial charge in [-0.15, -0.1) is 0 Å². The molecule has 0 aliphatic rings. The summed E-state index contributed by atoms with van der Waals surface area (Å²) >= 11 is 0. The fraction of sp³-hybridized carbons (Fsp3) is 0.200. The highest BCUT2D eigenvalue weighted by molar-refractivity contribution is 5.91. The Morgan fingerprint density at radius 3 is 2.80 bits per heavy atom. The fourth-order valence-electron chi connectivity index (χ4n) is 2.70. The van der Waals surface area contributed by atoms with Crippen LogP contribution < -0.4 is 10.1 Å². The average Bonchev–Trinajstić information content (AvgIpc) is 3.06. The highest BCUT2D eigenvalue weighted by Crippen LogP contribution is 2.23. The van der Waals surface area contributed by atoms with Gasteiger partial charge in [-0.3, -0.25) is 4.79 Å². The number of amides is 1. The van der Waals surface area contributed by atoms with Crippen molar-refractivity contribution >= 4 is 11.6 Å². The van der Waals surface area contributed by atoms with E-state index < -0.39 is 0 Å². The van der Waals surface area contributed by atoms with Crippen LogP contribution in [0.4, 0.5) is 5.69 Å². The number of anilines is 1. The molecule has 0 fully saturated rings. The second-order valence-electron chi connectivity index (χ2n) is 5.86. The second kappa shape index (κ2) is 7.66. The number of H-pyrrole nitrogens is 1. The molecular formula is C20H21N3O2. The minimum Gasteiger partial charge on any atom is -0.497 e. The van der Waals surface area contributed by atoms with Crippen molar-refractivity contribution in [2.75, 3.05) is 12.4 Å². The zero-order valence-corrected chi connectivity index (χ0v) is 14.4. The molecule has 25 heavy (non-hydrogen) atoms. The van der Waals surface area contributed by atoms with Crippen molar-refractivity contribution in [2.24, 2.45) is 0 Å². The molecule has 0 saturated carbocycles. The first-order chi connectivity index (χ1) is 12.2. The Bertz CT molecular complexity index is 871. The molecular weight excluding hydrogens is 314 g/mol. The molecule has 0 bridgehead atoms. The van der Waals surface area contributed by atoms with Crippen LogP contribution in [0.25, 0.3) is 11.3 Å². The predicted octanol–water partition coefficient (Wildman–Crippen LogP) is 3.97. The zero-order valence-electron chi connectivity index (χ0n) is 14.4. The molecule has 3 aromatic rings. The Kier molecular flexibility index (Phi) is 5.14. The SMILES string of the molecule is COc1cccc(CCC(=O)Nc2cccc(-c3nc[nH]c3C)c2)c1. The maximum Gasteiger partial charge on any atom is 0.224 e. The van der Waals surface area contributed by atoms with Crippen LogP contribution in [0.5, 0.6) is 5.75 Å². The summed E-state index contributed by atoms with van der Waals surface area (Å²) in [5, 5.41) is 2.95. The number of carbonyl (C=O) groups is 1. The number of imidazole rings is 1. The average molecular weight is 335 g/mol. The predicted molar refractivity (Wildman–Crippen MR) is 98.7 cm³/mol. The lowest BCUT2D eigenvalue weighted by Gasteiger charge is -2.08. The largest absolute Gasteiger partial charge is 0.497 e. The van der Waals surface area contributed by atoms with Crippen LogP contribution in [0.1, 0.15) is 17.7 Å². The van der Waals surface area contributed by atoms with Gasteiger partial charge >= 0.3 is 0 Å². The third kappa shape index (κ3) is 4.26. The topological polar surface area (TPSA) is 67.0 Å². The van der Waals surface area contributed by atoms with E-state index in [1.807, 2.05) is 55.5 Å². The molecule has 0 radical (unpaired) electrons. The molecule has 128 valence electrons. The Morgan fingerprint density at radius 2 is 2.04 bits per heavy atom. The van der Waals surface area contributed by atoms with Crippen molar-refractivity contribution in [1.29, 1.82) is 0 Å². The standard InChI is InChI=1S/C20H21N3O2/c1-14-20(22-13-21-14)16-6-4-7-17(12-16)23-19(24)10-9-15-5-3-8-18(11-15)25-2/h3-8,11-13H,9-10H2,1-2H3,(H,21,22)(H,23,24). The minimum atomic E-state index is -0.0151. The first-order valence-electron chi connectivity index (χ1n) is 8.19. The van der Waals surface area contributed by atoms with Crippen LogP contribution in [0.2, 0.25) is 0 Å². The van der Waals surface area contributed by atoms with Gasteiger partial charge in [0.2, 0.25) is 5.91 Å². The smallest absolute Gasteiger partial charge is 0.224 e. The van der Waals surface area contributed by atoms with Crippen LogP contribution >= 0.6 is 0 Å². The number of nitrogens with one attached hydrogen (secondary N) is 2.